The molecule has 0 bridgehead atoms. The zero-order valence-electron chi connectivity index (χ0n) is 17.5. The number of aromatic nitrogens is 2. The molecule has 1 aliphatic heterocycles. The molecule has 0 saturated carbocycles. The molecule has 8 nitrogen and oxygen atoms in total. The van der Waals surface area contributed by atoms with Gasteiger partial charge in [-0.2, -0.15) is 4.31 Å². The summed E-state index contributed by atoms with van der Waals surface area (Å²) in [6.07, 6.45) is 1.73. The van der Waals surface area contributed by atoms with E-state index < -0.39 is 15.9 Å². The van der Waals surface area contributed by atoms with E-state index in [1.807, 2.05) is 12.1 Å². The summed E-state index contributed by atoms with van der Waals surface area (Å²) in [5, 5.41) is 11.0. The Kier molecular flexibility index (Phi) is 6.59. The summed E-state index contributed by atoms with van der Waals surface area (Å²) in [5.74, 6) is 0.00153. The predicted molar refractivity (Wildman–Crippen MR) is 120 cm³/mol. The maximum absolute atomic E-state index is 12.9. The van der Waals surface area contributed by atoms with Crippen LogP contribution in [0.2, 0.25) is 5.02 Å². The second-order valence-electron chi connectivity index (χ2n) is 7.83. The van der Waals surface area contributed by atoms with E-state index in [0.29, 0.717) is 29.6 Å². The minimum Gasteiger partial charge on any atom is -0.412 e. The molecule has 1 N–H and O–H groups in total. The Morgan fingerprint density at radius 1 is 1.09 bits per heavy atom. The fourth-order valence-electron chi connectivity index (χ4n) is 3.44. The highest BCUT2D eigenvalue weighted by Crippen LogP contribution is 2.25. The van der Waals surface area contributed by atoms with Gasteiger partial charge in [-0.3, -0.25) is 4.79 Å². The van der Waals surface area contributed by atoms with Gasteiger partial charge in [0.15, 0.2) is 0 Å². The van der Waals surface area contributed by atoms with E-state index in [2.05, 4.69) is 22.4 Å². The van der Waals surface area contributed by atoms with Gasteiger partial charge in [0.2, 0.25) is 15.9 Å². The van der Waals surface area contributed by atoms with E-state index in [4.69, 9.17) is 16.0 Å². The normalized spacial score (nSPS) is 15.6. The number of carbonyl (C=O) groups is 1. The average molecular weight is 475 g/mol. The molecular weight excluding hydrogens is 452 g/mol. The van der Waals surface area contributed by atoms with Gasteiger partial charge < -0.3 is 9.73 Å². The summed E-state index contributed by atoms with van der Waals surface area (Å²) in [4.78, 5) is 12.5. The van der Waals surface area contributed by atoms with Crippen molar-refractivity contribution in [2.45, 2.75) is 31.2 Å². The van der Waals surface area contributed by atoms with Gasteiger partial charge >= 0.3 is 11.8 Å². The van der Waals surface area contributed by atoms with Crippen LogP contribution in [-0.4, -0.2) is 41.9 Å². The van der Waals surface area contributed by atoms with E-state index >= 15 is 0 Å². The number of sulfonamides is 1. The topological polar surface area (TPSA) is 105 Å². The van der Waals surface area contributed by atoms with Crippen LogP contribution in [-0.2, 0) is 16.6 Å². The summed E-state index contributed by atoms with van der Waals surface area (Å²) >= 11 is 5.85. The lowest BCUT2D eigenvalue weighted by Gasteiger charge is -2.29. The van der Waals surface area contributed by atoms with Crippen LogP contribution in [0.3, 0.4) is 0 Å². The molecule has 168 valence electrons. The number of rotatable bonds is 6. The fourth-order valence-corrected chi connectivity index (χ4v) is 5.03. The van der Waals surface area contributed by atoms with Crippen molar-refractivity contribution in [1.29, 1.82) is 0 Å². The highest BCUT2D eigenvalue weighted by molar-refractivity contribution is 7.89. The average Bonchev–Trinajstić information content (AvgIpc) is 3.29. The second-order valence-corrected chi connectivity index (χ2v) is 10.2. The zero-order chi connectivity index (χ0) is 22.7. The standard InChI is InChI=1S/C22H23ClN4O4S/c1-15-10-12-27(13-11-15)32(29,30)19-8-4-17(5-9-19)21-25-26-22(31-21)20(28)24-14-16-2-6-18(23)7-3-16/h2-9,15H,10-14H2,1H3,(H,24,28). The molecule has 0 aliphatic carbocycles. The SMILES string of the molecule is CC1CCN(S(=O)(=O)c2ccc(-c3nnc(C(=O)NCc4ccc(Cl)cc4)o3)cc2)CC1. The Morgan fingerprint density at radius 3 is 2.41 bits per heavy atom. The molecule has 4 rings (SSSR count). The lowest BCUT2D eigenvalue weighted by Crippen LogP contribution is -2.37. The molecule has 0 unspecified atom stereocenters. The van der Waals surface area contributed by atoms with Crippen molar-refractivity contribution < 1.29 is 17.6 Å². The largest absolute Gasteiger partial charge is 0.412 e. The van der Waals surface area contributed by atoms with Crippen LogP contribution in [0.25, 0.3) is 11.5 Å². The predicted octanol–water partition coefficient (Wildman–Crippen LogP) is 3.74. The highest BCUT2D eigenvalue weighted by Gasteiger charge is 2.28. The Labute approximate surface area is 191 Å². The number of carbonyl (C=O) groups excluding carboxylic acids is 1. The summed E-state index contributed by atoms with van der Waals surface area (Å²) < 4.78 is 32.7. The van der Waals surface area contributed by atoms with Crippen LogP contribution in [0.5, 0.6) is 0 Å². The summed E-state index contributed by atoms with van der Waals surface area (Å²) in [6, 6.07) is 13.3. The minimum atomic E-state index is -3.53. The highest BCUT2D eigenvalue weighted by atomic mass is 35.5. The first-order valence-electron chi connectivity index (χ1n) is 10.3. The van der Waals surface area contributed by atoms with Crippen molar-refractivity contribution in [3.63, 3.8) is 0 Å². The molecule has 2 heterocycles. The van der Waals surface area contributed by atoms with Gasteiger partial charge in [-0.15, -0.1) is 10.2 Å². The smallest absolute Gasteiger partial charge is 0.309 e. The van der Waals surface area contributed by atoms with E-state index in [0.717, 1.165) is 18.4 Å². The van der Waals surface area contributed by atoms with Gasteiger partial charge in [0.1, 0.15) is 0 Å². The summed E-state index contributed by atoms with van der Waals surface area (Å²) in [7, 11) is -3.53. The number of benzene rings is 2. The maximum Gasteiger partial charge on any atom is 0.309 e. The van der Waals surface area contributed by atoms with E-state index in [9.17, 15) is 13.2 Å². The molecule has 0 atom stereocenters. The number of nitrogens with one attached hydrogen (secondary N) is 1. The van der Waals surface area contributed by atoms with Crippen molar-refractivity contribution in [3.8, 4) is 11.5 Å². The quantitative estimate of drug-likeness (QED) is 0.583. The van der Waals surface area contributed by atoms with Gasteiger partial charge in [-0.1, -0.05) is 30.7 Å². The van der Waals surface area contributed by atoms with Crippen molar-refractivity contribution in [3.05, 3.63) is 65.0 Å². The third-order valence-electron chi connectivity index (χ3n) is 5.47. The number of amides is 1. The molecule has 1 aliphatic rings. The lowest BCUT2D eigenvalue weighted by molar-refractivity contribution is 0.0917. The maximum atomic E-state index is 12.9. The molecule has 1 amide bonds. The Morgan fingerprint density at radius 2 is 1.75 bits per heavy atom. The van der Waals surface area contributed by atoms with Crippen LogP contribution in [0.15, 0.2) is 57.8 Å². The summed E-state index contributed by atoms with van der Waals surface area (Å²) in [5.41, 5.74) is 1.41. The fraction of sp³-hybridized carbons (Fsp3) is 0.318. The Hall–Kier alpha value is -2.75. The van der Waals surface area contributed by atoms with E-state index in [-0.39, 0.29) is 23.2 Å². The number of nitrogens with zero attached hydrogens (tertiary/aromatic N) is 3. The van der Waals surface area contributed by atoms with Gasteiger partial charge in [-0.25, -0.2) is 8.42 Å². The third-order valence-corrected chi connectivity index (χ3v) is 7.63. The van der Waals surface area contributed by atoms with E-state index in [1.54, 1.807) is 24.3 Å². The molecule has 1 aromatic heterocycles. The number of piperidine rings is 1. The number of hydrogen-bond donors (Lipinski definition) is 1. The molecule has 0 radical (unpaired) electrons. The lowest BCUT2D eigenvalue weighted by atomic mass is 10.0. The van der Waals surface area contributed by atoms with Crippen LogP contribution >= 0.6 is 11.6 Å². The molecule has 1 fully saturated rings. The van der Waals surface area contributed by atoms with Crippen LogP contribution in [0, 0.1) is 5.92 Å². The zero-order valence-corrected chi connectivity index (χ0v) is 19.1. The Bertz CT molecular complexity index is 1190. The molecule has 1 saturated heterocycles. The Balaban J connectivity index is 1.41. The van der Waals surface area contributed by atoms with Crippen molar-refractivity contribution in [1.82, 2.24) is 19.8 Å². The first-order valence-corrected chi connectivity index (χ1v) is 12.1. The van der Waals surface area contributed by atoms with Crippen LogP contribution in [0.4, 0.5) is 0 Å². The van der Waals surface area contributed by atoms with Crippen molar-refractivity contribution in [2.75, 3.05) is 13.1 Å². The molecule has 10 heteroatoms. The molecule has 32 heavy (non-hydrogen) atoms. The number of halogens is 1. The van der Waals surface area contributed by atoms with Crippen molar-refractivity contribution in [2.24, 2.45) is 5.92 Å². The third kappa shape index (κ3) is 5.01. The van der Waals surface area contributed by atoms with Gasteiger partial charge in [0, 0.05) is 30.2 Å². The van der Waals surface area contributed by atoms with Crippen molar-refractivity contribution >= 4 is 27.5 Å². The minimum absolute atomic E-state index is 0.136. The second kappa shape index (κ2) is 9.40. The van der Waals surface area contributed by atoms with Gasteiger partial charge in [0.05, 0.1) is 4.90 Å². The molecule has 3 aromatic rings. The van der Waals surface area contributed by atoms with Crippen LogP contribution in [0.1, 0.15) is 36.0 Å². The number of hydrogen-bond acceptors (Lipinski definition) is 6. The molecular formula is C22H23ClN4O4S. The van der Waals surface area contributed by atoms with Gasteiger partial charge in [-0.05, 0) is 60.7 Å². The van der Waals surface area contributed by atoms with Gasteiger partial charge in [0.25, 0.3) is 0 Å². The molecule has 0 spiro atoms. The first kappa shape index (κ1) is 22.4. The monoisotopic (exact) mass is 474 g/mol. The summed E-state index contributed by atoms with van der Waals surface area (Å²) in [6.45, 7) is 3.48. The first-order chi connectivity index (χ1) is 15.3. The van der Waals surface area contributed by atoms with E-state index in [1.165, 1.54) is 16.4 Å². The van der Waals surface area contributed by atoms with Crippen LogP contribution < -0.4 is 5.32 Å². The molecule has 2 aromatic carbocycles.